The summed E-state index contributed by atoms with van der Waals surface area (Å²) in [5.74, 6) is 0.625. The van der Waals surface area contributed by atoms with Crippen molar-refractivity contribution in [1.82, 2.24) is 4.90 Å². The molecule has 1 aliphatic rings. The lowest BCUT2D eigenvalue weighted by atomic mass is 9.99. The second kappa shape index (κ2) is 5.17. The van der Waals surface area contributed by atoms with E-state index < -0.39 is 0 Å². The maximum Gasteiger partial charge on any atom is 0.254 e. The summed E-state index contributed by atoms with van der Waals surface area (Å²) >= 11 is 5.55. The predicted octanol–water partition coefficient (Wildman–Crippen LogP) is 2.48. The first kappa shape index (κ1) is 11.2. The van der Waals surface area contributed by atoms with Crippen LogP contribution in [0.15, 0.2) is 36.4 Å². The van der Waals surface area contributed by atoms with Crippen LogP contribution in [-0.4, -0.2) is 29.8 Å². The molecule has 1 aromatic carbocycles. The summed E-state index contributed by atoms with van der Waals surface area (Å²) in [5, 5.41) is 0. The number of alkyl halides is 1. The molecule has 2 nitrogen and oxygen atoms in total. The first-order chi connectivity index (χ1) is 7.83. The molecule has 2 rings (SSSR count). The Balaban J connectivity index is 2.12. The van der Waals surface area contributed by atoms with Gasteiger partial charge in [-0.25, -0.2) is 0 Å². The van der Waals surface area contributed by atoms with E-state index in [9.17, 15) is 4.79 Å². The molecule has 0 N–H and O–H groups in total. The van der Waals surface area contributed by atoms with Crippen molar-refractivity contribution in [3.05, 3.63) is 47.5 Å². The van der Waals surface area contributed by atoms with Gasteiger partial charge in [0.25, 0.3) is 5.91 Å². The van der Waals surface area contributed by atoms with Gasteiger partial charge in [0.15, 0.2) is 0 Å². The molecule has 0 bridgehead atoms. The van der Waals surface area contributed by atoms with Gasteiger partial charge in [0.05, 0.1) is 0 Å². The van der Waals surface area contributed by atoms with E-state index in [4.69, 9.17) is 11.6 Å². The van der Waals surface area contributed by atoms with Crippen LogP contribution in [0.5, 0.6) is 0 Å². The van der Waals surface area contributed by atoms with Gasteiger partial charge in [0.2, 0.25) is 0 Å². The van der Waals surface area contributed by atoms with Gasteiger partial charge in [-0.15, -0.1) is 11.6 Å². The minimum atomic E-state index is 0.126. The predicted molar refractivity (Wildman–Crippen MR) is 65.9 cm³/mol. The highest BCUT2D eigenvalue weighted by Crippen LogP contribution is 2.18. The molecule has 0 spiro atoms. The zero-order chi connectivity index (χ0) is 11.4. The number of amides is 1. The highest BCUT2D eigenvalue weighted by Gasteiger charge is 2.22. The molecule has 16 heavy (non-hydrogen) atoms. The Kier molecular flexibility index (Phi) is 3.62. The smallest absolute Gasteiger partial charge is 0.254 e. The molecule has 0 unspecified atom stereocenters. The zero-order valence-electron chi connectivity index (χ0n) is 9.03. The molecule has 0 aliphatic carbocycles. The third kappa shape index (κ3) is 2.27. The minimum absolute atomic E-state index is 0.126. The molecule has 1 heterocycles. The number of fused-ring (bicyclic) bond motifs is 1. The monoisotopic (exact) mass is 235 g/mol. The van der Waals surface area contributed by atoms with E-state index in [0.717, 1.165) is 24.1 Å². The first-order valence-corrected chi connectivity index (χ1v) is 5.94. The number of halogens is 1. The van der Waals surface area contributed by atoms with Crippen LogP contribution in [0.2, 0.25) is 0 Å². The Hall–Kier alpha value is -1.28. The molecule has 1 aromatic rings. The summed E-state index contributed by atoms with van der Waals surface area (Å²) in [7, 11) is 0. The second-order valence-electron chi connectivity index (χ2n) is 3.78. The van der Waals surface area contributed by atoms with Crippen molar-refractivity contribution in [2.75, 3.05) is 19.0 Å². The fourth-order valence-corrected chi connectivity index (χ4v) is 2.04. The third-order valence-corrected chi connectivity index (χ3v) is 2.95. The molecule has 1 aliphatic heterocycles. The van der Waals surface area contributed by atoms with E-state index in [2.05, 4.69) is 0 Å². The molecular weight excluding hydrogens is 222 g/mol. The summed E-state index contributed by atoms with van der Waals surface area (Å²) in [4.78, 5) is 13.9. The van der Waals surface area contributed by atoms with Gasteiger partial charge < -0.3 is 4.90 Å². The summed E-state index contributed by atoms with van der Waals surface area (Å²) < 4.78 is 0. The molecule has 1 amide bonds. The van der Waals surface area contributed by atoms with E-state index in [1.54, 1.807) is 0 Å². The molecular formula is C13H14ClNO. The highest BCUT2D eigenvalue weighted by molar-refractivity contribution is 6.18. The van der Waals surface area contributed by atoms with Crippen LogP contribution in [0, 0.1) is 0 Å². The fourth-order valence-electron chi connectivity index (χ4n) is 1.91. The van der Waals surface area contributed by atoms with Gasteiger partial charge >= 0.3 is 0 Å². The summed E-state index contributed by atoms with van der Waals surface area (Å²) in [6, 6.07) is 7.82. The number of benzene rings is 1. The van der Waals surface area contributed by atoms with Gasteiger partial charge in [-0.3, -0.25) is 4.79 Å². The Morgan fingerprint density at radius 1 is 1.31 bits per heavy atom. The van der Waals surface area contributed by atoms with Crippen LogP contribution >= 0.6 is 11.6 Å². The van der Waals surface area contributed by atoms with Crippen molar-refractivity contribution in [2.45, 2.75) is 6.42 Å². The normalized spacial score (nSPS) is 15.6. The number of carbonyl (C=O) groups excluding carboxylic acids is 1. The second-order valence-corrected chi connectivity index (χ2v) is 4.09. The van der Waals surface area contributed by atoms with Crippen LogP contribution in [-0.2, 0) is 6.42 Å². The lowest BCUT2D eigenvalue weighted by molar-refractivity contribution is 0.0759. The summed E-state index contributed by atoms with van der Waals surface area (Å²) in [6.07, 6.45) is 4.75. The topological polar surface area (TPSA) is 20.3 Å². The Morgan fingerprint density at radius 3 is 2.94 bits per heavy atom. The molecule has 3 heteroatoms. The van der Waals surface area contributed by atoms with Crippen LogP contribution in [0.25, 0.3) is 0 Å². The van der Waals surface area contributed by atoms with Crippen molar-refractivity contribution < 1.29 is 4.79 Å². The van der Waals surface area contributed by atoms with E-state index in [1.807, 2.05) is 41.3 Å². The van der Waals surface area contributed by atoms with Crippen LogP contribution < -0.4 is 0 Å². The molecule has 0 fully saturated rings. The summed E-state index contributed by atoms with van der Waals surface area (Å²) in [5.41, 5.74) is 2.00. The Labute approximate surface area is 101 Å². The average Bonchev–Trinajstić information content (AvgIpc) is 2.33. The Bertz CT molecular complexity index is 414. The lowest BCUT2D eigenvalue weighted by Gasteiger charge is -2.27. The van der Waals surface area contributed by atoms with Crippen molar-refractivity contribution in [3.63, 3.8) is 0 Å². The SMILES string of the molecule is O=C1c2ccccc2CCN1CC=CCCl. The maximum absolute atomic E-state index is 12.1. The highest BCUT2D eigenvalue weighted by atomic mass is 35.5. The summed E-state index contributed by atoms with van der Waals surface area (Å²) in [6.45, 7) is 1.45. The van der Waals surface area contributed by atoms with Crippen LogP contribution in [0.3, 0.4) is 0 Å². The number of hydrogen-bond donors (Lipinski definition) is 0. The number of hydrogen-bond acceptors (Lipinski definition) is 1. The van der Waals surface area contributed by atoms with E-state index >= 15 is 0 Å². The lowest BCUT2D eigenvalue weighted by Crippen LogP contribution is -2.37. The van der Waals surface area contributed by atoms with Gasteiger partial charge in [0.1, 0.15) is 0 Å². The molecule has 0 saturated carbocycles. The molecule has 0 radical (unpaired) electrons. The van der Waals surface area contributed by atoms with Crippen molar-refractivity contribution in [3.8, 4) is 0 Å². The minimum Gasteiger partial charge on any atom is -0.335 e. The molecule has 0 saturated heterocycles. The van der Waals surface area contributed by atoms with Gasteiger partial charge in [-0.05, 0) is 18.1 Å². The van der Waals surface area contributed by atoms with Crippen molar-refractivity contribution in [1.29, 1.82) is 0 Å². The van der Waals surface area contributed by atoms with Gasteiger partial charge in [0, 0.05) is 24.5 Å². The number of nitrogens with zero attached hydrogens (tertiary/aromatic N) is 1. The number of allylic oxidation sites excluding steroid dienone is 1. The van der Waals surface area contributed by atoms with Crippen LogP contribution in [0.4, 0.5) is 0 Å². The zero-order valence-corrected chi connectivity index (χ0v) is 9.78. The largest absolute Gasteiger partial charge is 0.335 e. The van der Waals surface area contributed by atoms with Crippen molar-refractivity contribution >= 4 is 17.5 Å². The number of carbonyl (C=O) groups is 1. The Morgan fingerprint density at radius 2 is 2.12 bits per heavy atom. The molecule has 84 valence electrons. The number of rotatable bonds is 3. The van der Waals surface area contributed by atoms with Crippen LogP contribution in [0.1, 0.15) is 15.9 Å². The first-order valence-electron chi connectivity index (χ1n) is 5.41. The van der Waals surface area contributed by atoms with E-state index in [1.165, 1.54) is 0 Å². The third-order valence-electron chi connectivity index (χ3n) is 2.77. The quantitative estimate of drug-likeness (QED) is 0.582. The maximum atomic E-state index is 12.1. The molecule has 0 atom stereocenters. The average molecular weight is 236 g/mol. The fraction of sp³-hybridized carbons (Fsp3) is 0.308. The van der Waals surface area contributed by atoms with E-state index in [-0.39, 0.29) is 5.91 Å². The van der Waals surface area contributed by atoms with Gasteiger partial charge in [-0.2, -0.15) is 0 Å². The van der Waals surface area contributed by atoms with E-state index in [0.29, 0.717) is 12.4 Å². The van der Waals surface area contributed by atoms with Gasteiger partial charge in [-0.1, -0.05) is 30.4 Å². The standard InChI is InChI=1S/C13H14ClNO/c14-8-3-4-9-15-10-7-11-5-1-2-6-12(11)13(15)16/h1-6H,7-10H2. The molecule has 0 aromatic heterocycles. The van der Waals surface area contributed by atoms with Crippen molar-refractivity contribution in [2.24, 2.45) is 0 Å².